The van der Waals surface area contributed by atoms with E-state index in [0.29, 0.717) is 12.0 Å². The summed E-state index contributed by atoms with van der Waals surface area (Å²) in [5.74, 6) is 1.62. The standard InChI is InChI=1S/C15H23N/c1-3-16-15(11-13-9-10-13)12(2)14-7-5-4-6-8-14/h4-8,12-13,15-16H,3,9-11H2,1-2H3. The van der Waals surface area contributed by atoms with Crippen molar-refractivity contribution >= 4 is 0 Å². The van der Waals surface area contributed by atoms with Crippen LogP contribution in [0, 0.1) is 5.92 Å². The largest absolute Gasteiger partial charge is 0.314 e. The van der Waals surface area contributed by atoms with Crippen molar-refractivity contribution in [1.82, 2.24) is 5.32 Å². The van der Waals surface area contributed by atoms with E-state index in [-0.39, 0.29) is 0 Å². The lowest BCUT2D eigenvalue weighted by Gasteiger charge is -2.25. The van der Waals surface area contributed by atoms with Gasteiger partial charge in [0.15, 0.2) is 0 Å². The average molecular weight is 217 g/mol. The molecule has 1 fully saturated rings. The van der Waals surface area contributed by atoms with Crippen LogP contribution in [0.4, 0.5) is 0 Å². The first kappa shape index (κ1) is 11.7. The van der Waals surface area contributed by atoms with E-state index in [1.165, 1.54) is 24.8 Å². The molecule has 1 saturated carbocycles. The summed E-state index contributed by atoms with van der Waals surface area (Å²) in [6, 6.07) is 11.5. The maximum atomic E-state index is 3.65. The second kappa shape index (κ2) is 5.49. The minimum absolute atomic E-state index is 0.627. The lowest BCUT2D eigenvalue weighted by molar-refractivity contribution is 0.414. The molecule has 0 amide bonds. The van der Waals surface area contributed by atoms with E-state index in [9.17, 15) is 0 Å². The molecule has 0 radical (unpaired) electrons. The van der Waals surface area contributed by atoms with Crippen molar-refractivity contribution < 1.29 is 0 Å². The number of hydrogen-bond acceptors (Lipinski definition) is 1. The van der Waals surface area contributed by atoms with Crippen LogP contribution < -0.4 is 5.32 Å². The van der Waals surface area contributed by atoms with Crippen LogP contribution in [0.3, 0.4) is 0 Å². The Balaban J connectivity index is 2.00. The van der Waals surface area contributed by atoms with Gasteiger partial charge in [-0.2, -0.15) is 0 Å². The second-order valence-electron chi connectivity index (χ2n) is 5.04. The molecular formula is C15H23N. The Hall–Kier alpha value is -0.820. The molecule has 0 aromatic heterocycles. The van der Waals surface area contributed by atoms with Crippen LogP contribution in [0.15, 0.2) is 30.3 Å². The Labute approximate surface area is 99.3 Å². The van der Waals surface area contributed by atoms with Gasteiger partial charge in [0.25, 0.3) is 0 Å². The molecule has 2 rings (SSSR count). The average Bonchev–Trinajstić information content (AvgIpc) is 3.13. The molecule has 1 nitrogen and oxygen atoms in total. The zero-order valence-corrected chi connectivity index (χ0v) is 10.4. The molecule has 16 heavy (non-hydrogen) atoms. The van der Waals surface area contributed by atoms with Crippen molar-refractivity contribution in [3.63, 3.8) is 0 Å². The highest BCUT2D eigenvalue weighted by atomic mass is 14.9. The van der Waals surface area contributed by atoms with Gasteiger partial charge >= 0.3 is 0 Å². The minimum Gasteiger partial charge on any atom is -0.314 e. The van der Waals surface area contributed by atoms with Gasteiger partial charge < -0.3 is 5.32 Å². The van der Waals surface area contributed by atoms with E-state index in [1.54, 1.807) is 0 Å². The van der Waals surface area contributed by atoms with Crippen LogP contribution in [-0.4, -0.2) is 12.6 Å². The van der Waals surface area contributed by atoms with Gasteiger partial charge in [-0.3, -0.25) is 0 Å². The molecular weight excluding hydrogens is 194 g/mol. The molecule has 0 aliphatic heterocycles. The fourth-order valence-electron chi connectivity index (χ4n) is 2.43. The summed E-state index contributed by atoms with van der Waals surface area (Å²) in [5.41, 5.74) is 1.47. The lowest BCUT2D eigenvalue weighted by Crippen LogP contribution is -2.34. The first-order chi connectivity index (χ1) is 7.81. The molecule has 0 saturated heterocycles. The topological polar surface area (TPSA) is 12.0 Å². The Morgan fingerprint density at radius 3 is 2.50 bits per heavy atom. The molecule has 0 bridgehead atoms. The Bertz CT molecular complexity index is 302. The van der Waals surface area contributed by atoms with Crippen LogP contribution >= 0.6 is 0 Å². The van der Waals surface area contributed by atoms with Gasteiger partial charge in [-0.15, -0.1) is 0 Å². The number of rotatable bonds is 6. The van der Waals surface area contributed by atoms with Crippen LogP contribution in [0.2, 0.25) is 0 Å². The highest BCUT2D eigenvalue weighted by Gasteiger charge is 2.28. The van der Waals surface area contributed by atoms with Gasteiger partial charge in [-0.25, -0.2) is 0 Å². The number of likely N-dealkylation sites (N-methyl/N-ethyl adjacent to an activating group) is 1. The van der Waals surface area contributed by atoms with E-state index in [4.69, 9.17) is 0 Å². The van der Waals surface area contributed by atoms with Gasteiger partial charge in [0.2, 0.25) is 0 Å². The quantitative estimate of drug-likeness (QED) is 0.768. The van der Waals surface area contributed by atoms with Crippen LogP contribution in [0.1, 0.15) is 44.6 Å². The first-order valence-corrected chi connectivity index (χ1v) is 6.59. The van der Waals surface area contributed by atoms with Crippen molar-refractivity contribution in [2.75, 3.05) is 6.54 Å². The third kappa shape index (κ3) is 3.08. The molecule has 1 aromatic rings. The van der Waals surface area contributed by atoms with Gasteiger partial charge in [0, 0.05) is 6.04 Å². The molecule has 1 aliphatic carbocycles. The third-order valence-electron chi connectivity index (χ3n) is 3.68. The van der Waals surface area contributed by atoms with Crippen molar-refractivity contribution in [3.8, 4) is 0 Å². The Kier molecular flexibility index (Phi) is 4.00. The van der Waals surface area contributed by atoms with Crippen LogP contribution in [-0.2, 0) is 0 Å². The zero-order chi connectivity index (χ0) is 11.4. The predicted octanol–water partition coefficient (Wildman–Crippen LogP) is 3.57. The maximum Gasteiger partial charge on any atom is 0.0136 e. The van der Waals surface area contributed by atoms with Crippen LogP contribution in [0.5, 0.6) is 0 Å². The summed E-state index contributed by atoms with van der Waals surface area (Å²) in [7, 11) is 0. The van der Waals surface area contributed by atoms with Gasteiger partial charge in [0.05, 0.1) is 0 Å². The highest BCUT2D eigenvalue weighted by Crippen LogP contribution is 2.36. The fourth-order valence-corrected chi connectivity index (χ4v) is 2.43. The lowest BCUT2D eigenvalue weighted by atomic mass is 9.90. The zero-order valence-electron chi connectivity index (χ0n) is 10.4. The van der Waals surface area contributed by atoms with E-state index in [0.717, 1.165) is 12.5 Å². The molecule has 1 N–H and O–H groups in total. The molecule has 2 unspecified atom stereocenters. The fraction of sp³-hybridized carbons (Fsp3) is 0.600. The molecule has 88 valence electrons. The van der Waals surface area contributed by atoms with Crippen molar-refractivity contribution in [1.29, 1.82) is 0 Å². The smallest absolute Gasteiger partial charge is 0.0136 e. The van der Waals surface area contributed by atoms with E-state index in [1.807, 2.05) is 0 Å². The molecule has 1 aliphatic rings. The number of nitrogens with one attached hydrogen (secondary N) is 1. The summed E-state index contributed by atoms with van der Waals surface area (Å²) in [6.07, 6.45) is 4.25. The van der Waals surface area contributed by atoms with Crippen molar-refractivity contribution in [2.45, 2.75) is 45.1 Å². The van der Waals surface area contributed by atoms with Crippen molar-refractivity contribution in [3.05, 3.63) is 35.9 Å². The van der Waals surface area contributed by atoms with E-state index >= 15 is 0 Å². The number of benzene rings is 1. The third-order valence-corrected chi connectivity index (χ3v) is 3.68. The normalized spacial score (nSPS) is 19.4. The monoisotopic (exact) mass is 217 g/mol. The van der Waals surface area contributed by atoms with Gasteiger partial charge in [-0.05, 0) is 30.4 Å². The summed E-state index contributed by atoms with van der Waals surface area (Å²) in [5, 5.41) is 3.65. The summed E-state index contributed by atoms with van der Waals surface area (Å²) in [6.45, 7) is 5.64. The van der Waals surface area contributed by atoms with Crippen LogP contribution in [0.25, 0.3) is 0 Å². The number of hydrogen-bond donors (Lipinski definition) is 1. The first-order valence-electron chi connectivity index (χ1n) is 6.59. The van der Waals surface area contributed by atoms with Gasteiger partial charge in [-0.1, -0.05) is 57.0 Å². The SMILES string of the molecule is CCNC(CC1CC1)C(C)c1ccccc1. The molecule has 0 spiro atoms. The van der Waals surface area contributed by atoms with Gasteiger partial charge in [0.1, 0.15) is 0 Å². The predicted molar refractivity (Wildman–Crippen MR) is 69.7 cm³/mol. The Morgan fingerprint density at radius 2 is 1.94 bits per heavy atom. The molecule has 1 heteroatoms. The molecule has 0 heterocycles. The Morgan fingerprint density at radius 1 is 1.25 bits per heavy atom. The van der Waals surface area contributed by atoms with Crippen molar-refractivity contribution in [2.24, 2.45) is 5.92 Å². The minimum atomic E-state index is 0.627. The van der Waals surface area contributed by atoms with E-state index in [2.05, 4.69) is 49.5 Å². The second-order valence-corrected chi connectivity index (χ2v) is 5.04. The highest BCUT2D eigenvalue weighted by molar-refractivity contribution is 5.20. The maximum absolute atomic E-state index is 3.65. The summed E-state index contributed by atoms with van der Waals surface area (Å²) in [4.78, 5) is 0. The van der Waals surface area contributed by atoms with E-state index < -0.39 is 0 Å². The molecule has 2 atom stereocenters. The molecule has 1 aromatic carbocycles. The summed E-state index contributed by atoms with van der Waals surface area (Å²) >= 11 is 0. The summed E-state index contributed by atoms with van der Waals surface area (Å²) < 4.78 is 0.